The average Bonchev–Trinajstić information content (AvgIpc) is 2.47. The summed E-state index contributed by atoms with van der Waals surface area (Å²) in [7, 11) is 1.58. The van der Waals surface area contributed by atoms with Crippen molar-refractivity contribution in [2.24, 2.45) is 5.92 Å². The third-order valence-electron chi connectivity index (χ3n) is 4.09. The highest BCUT2D eigenvalue weighted by molar-refractivity contribution is 5.97. The molecule has 0 aromatic heterocycles. The summed E-state index contributed by atoms with van der Waals surface area (Å²) in [4.78, 5) is 14.5. The van der Waals surface area contributed by atoms with Gasteiger partial charge in [0.15, 0.2) is 0 Å². The van der Waals surface area contributed by atoms with Gasteiger partial charge in [0.1, 0.15) is 5.75 Å². The Labute approximate surface area is 120 Å². The molecule has 4 nitrogen and oxygen atoms in total. The topological polar surface area (TPSA) is 49.8 Å². The van der Waals surface area contributed by atoms with Gasteiger partial charge in [-0.3, -0.25) is 4.79 Å². The highest BCUT2D eigenvalue weighted by Crippen LogP contribution is 2.25. The first-order valence-corrected chi connectivity index (χ1v) is 7.18. The predicted molar refractivity (Wildman–Crippen MR) is 78.0 cm³/mol. The molecule has 1 saturated heterocycles. The van der Waals surface area contributed by atoms with E-state index in [4.69, 9.17) is 4.74 Å². The number of benzene rings is 1. The molecule has 2 rings (SSSR count). The molecule has 1 amide bonds. The minimum atomic E-state index is -0.288. The van der Waals surface area contributed by atoms with Crippen LogP contribution >= 0.6 is 0 Å². The van der Waals surface area contributed by atoms with Crippen molar-refractivity contribution in [1.29, 1.82) is 0 Å². The molecule has 1 aliphatic rings. The molecule has 1 N–H and O–H groups in total. The second-order valence-electron chi connectivity index (χ2n) is 5.48. The molecule has 2 atom stereocenters. The van der Waals surface area contributed by atoms with Gasteiger partial charge in [0.05, 0.1) is 18.8 Å². The Hall–Kier alpha value is -1.55. The van der Waals surface area contributed by atoms with Crippen LogP contribution in [0.2, 0.25) is 0 Å². The van der Waals surface area contributed by atoms with E-state index in [1.54, 1.807) is 7.11 Å². The van der Waals surface area contributed by atoms with Crippen LogP contribution in [-0.2, 0) is 0 Å². The van der Waals surface area contributed by atoms with Gasteiger partial charge in [-0.2, -0.15) is 0 Å². The molecule has 20 heavy (non-hydrogen) atoms. The Kier molecular flexibility index (Phi) is 4.65. The lowest BCUT2D eigenvalue weighted by molar-refractivity contribution is 0.0227. The van der Waals surface area contributed by atoms with E-state index in [-0.39, 0.29) is 17.9 Å². The Bertz CT molecular complexity index is 487. The zero-order chi connectivity index (χ0) is 14.7. The SMILES string of the molecule is CCC1CN(C(=O)c2cc(C)ccc2OC)CCC1O. The maximum Gasteiger partial charge on any atom is 0.257 e. The van der Waals surface area contributed by atoms with Crippen LogP contribution in [0.3, 0.4) is 0 Å². The summed E-state index contributed by atoms with van der Waals surface area (Å²) in [5.41, 5.74) is 1.65. The van der Waals surface area contributed by atoms with E-state index in [1.807, 2.05) is 30.0 Å². The monoisotopic (exact) mass is 277 g/mol. The van der Waals surface area contributed by atoms with E-state index in [0.29, 0.717) is 30.8 Å². The van der Waals surface area contributed by atoms with Gasteiger partial charge in [-0.05, 0) is 31.9 Å². The number of carbonyl (C=O) groups excluding carboxylic acids is 1. The van der Waals surface area contributed by atoms with E-state index >= 15 is 0 Å². The van der Waals surface area contributed by atoms with Gasteiger partial charge in [0.25, 0.3) is 5.91 Å². The standard InChI is InChI=1S/C16H23NO3/c1-4-12-10-17(8-7-14(12)18)16(19)13-9-11(2)5-6-15(13)20-3/h5-6,9,12,14,18H,4,7-8,10H2,1-3H3. The Morgan fingerprint density at radius 3 is 2.90 bits per heavy atom. The summed E-state index contributed by atoms with van der Waals surface area (Å²) >= 11 is 0. The number of piperidine rings is 1. The van der Waals surface area contributed by atoms with Crippen LogP contribution in [-0.4, -0.2) is 42.2 Å². The molecule has 0 aliphatic carbocycles. The fourth-order valence-corrected chi connectivity index (χ4v) is 2.76. The van der Waals surface area contributed by atoms with Gasteiger partial charge in [-0.25, -0.2) is 0 Å². The summed E-state index contributed by atoms with van der Waals surface area (Å²) in [6.45, 7) is 5.24. The maximum absolute atomic E-state index is 12.7. The van der Waals surface area contributed by atoms with Crippen molar-refractivity contribution < 1.29 is 14.6 Å². The third kappa shape index (κ3) is 2.96. The largest absolute Gasteiger partial charge is 0.496 e. The van der Waals surface area contributed by atoms with Gasteiger partial charge in [-0.15, -0.1) is 0 Å². The molecule has 0 spiro atoms. The first-order valence-electron chi connectivity index (χ1n) is 7.18. The summed E-state index contributed by atoms with van der Waals surface area (Å²) < 4.78 is 5.29. The molecule has 1 aromatic carbocycles. The number of hydrogen-bond acceptors (Lipinski definition) is 3. The van der Waals surface area contributed by atoms with Gasteiger partial charge in [-0.1, -0.05) is 18.6 Å². The van der Waals surface area contributed by atoms with Gasteiger partial charge in [0, 0.05) is 19.0 Å². The summed E-state index contributed by atoms with van der Waals surface area (Å²) in [5, 5.41) is 9.92. The second kappa shape index (κ2) is 6.27. The van der Waals surface area contributed by atoms with Crippen LogP contribution in [0.4, 0.5) is 0 Å². The molecule has 0 radical (unpaired) electrons. The number of methoxy groups -OCH3 is 1. The minimum absolute atomic E-state index is 0.00380. The predicted octanol–water partition coefficient (Wildman–Crippen LogP) is 2.24. The number of aliphatic hydroxyl groups is 1. The number of amides is 1. The normalized spacial score (nSPS) is 22.7. The molecule has 1 heterocycles. The number of carbonyl (C=O) groups is 1. The van der Waals surface area contributed by atoms with Crippen molar-refractivity contribution in [3.8, 4) is 5.75 Å². The molecular formula is C16H23NO3. The van der Waals surface area contributed by atoms with Crippen molar-refractivity contribution in [2.45, 2.75) is 32.8 Å². The zero-order valence-electron chi connectivity index (χ0n) is 12.4. The van der Waals surface area contributed by atoms with Crippen LogP contribution in [0.15, 0.2) is 18.2 Å². The molecular weight excluding hydrogens is 254 g/mol. The van der Waals surface area contributed by atoms with Gasteiger partial charge in [0.2, 0.25) is 0 Å². The molecule has 2 unspecified atom stereocenters. The number of rotatable bonds is 3. The van der Waals surface area contributed by atoms with E-state index < -0.39 is 0 Å². The summed E-state index contributed by atoms with van der Waals surface area (Å²) in [6.07, 6.45) is 1.25. The van der Waals surface area contributed by atoms with Crippen molar-refractivity contribution in [1.82, 2.24) is 4.90 Å². The molecule has 0 bridgehead atoms. The van der Waals surface area contributed by atoms with Crippen LogP contribution in [0.25, 0.3) is 0 Å². The number of nitrogens with zero attached hydrogens (tertiary/aromatic N) is 1. The summed E-state index contributed by atoms with van der Waals surface area (Å²) in [5.74, 6) is 0.777. The number of hydrogen-bond donors (Lipinski definition) is 1. The van der Waals surface area contributed by atoms with Crippen molar-refractivity contribution >= 4 is 5.91 Å². The van der Waals surface area contributed by atoms with Crippen molar-refractivity contribution in [2.75, 3.05) is 20.2 Å². The van der Waals surface area contributed by atoms with E-state index in [9.17, 15) is 9.90 Å². The van der Waals surface area contributed by atoms with Crippen LogP contribution in [0, 0.1) is 12.8 Å². The average molecular weight is 277 g/mol. The lowest BCUT2D eigenvalue weighted by Gasteiger charge is -2.36. The van der Waals surface area contributed by atoms with Crippen molar-refractivity contribution in [3.05, 3.63) is 29.3 Å². The van der Waals surface area contributed by atoms with Gasteiger partial charge < -0.3 is 14.7 Å². The smallest absolute Gasteiger partial charge is 0.257 e. The highest BCUT2D eigenvalue weighted by atomic mass is 16.5. The molecule has 0 saturated carbocycles. The fourth-order valence-electron chi connectivity index (χ4n) is 2.76. The third-order valence-corrected chi connectivity index (χ3v) is 4.09. The number of ether oxygens (including phenoxy) is 1. The Balaban J connectivity index is 2.21. The zero-order valence-corrected chi connectivity index (χ0v) is 12.4. The second-order valence-corrected chi connectivity index (χ2v) is 5.48. The van der Waals surface area contributed by atoms with Crippen LogP contribution in [0.5, 0.6) is 5.75 Å². The quantitative estimate of drug-likeness (QED) is 0.921. The number of aryl methyl sites for hydroxylation is 1. The molecule has 110 valence electrons. The first kappa shape index (κ1) is 14.9. The van der Waals surface area contributed by atoms with E-state index in [2.05, 4.69) is 6.92 Å². The van der Waals surface area contributed by atoms with E-state index in [1.165, 1.54) is 0 Å². The minimum Gasteiger partial charge on any atom is -0.496 e. The Morgan fingerprint density at radius 2 is 2.25 bits per heavy atom. The van der Waals surface area contributed by atoms with Crippen LogP contribution in [0.1, 0.15) is 35.7 Å². The summed E-state index contributed by atoms with van der Waals surface area (Å²) in [6, 6.07) is 5.64. The number of likely N-dealkylation sites (tertiary alicyclic amines) is 1. The van der Waals surface area contributed by atoms with Crippen molar-refractivity contribution in [3.63, 3.8) is 0 Å². The fraction of sp³-hybridized carbons (Fsp3) is 0.562. The van der Waals surface area contributed by atoms with E-state index in [0.717, 1.165) is 12.0 Å². The molecule has 4 heteroatoms. The molecule has 1 aromatic rings. The number of aliphatic hydroxyl groups excluding tert-OH is 1. The molecule has 1 fully saturated rings. The first-order chi connectivity index (χ1) is 9.56. The van der Waals surface area contributed by atoms with Gasteiger partial charge >= 0.3 is 0 Å². The lowest BCUT2D eigenvalue weighted by Crippen LogP contribution is -2.45. The Morgan fingerprint density at radius 1 is 1.50 bits per heavy atom. The molecule has 1 aliphatic heterocycles. The maximum atomic E-state index is 12.7. The lowest BCUT2D eigenvalue weighted by atomic mass is 9.92. The highest BCUT2D eigenvalue weighted by Gasteiger charge is 2.30. The van der Waals surface area contributed by atoms with Crippen LogP contribution < -0.4 is 4.74 Å².